The van der Waals surface area contributed by atoms with Gasteiger partial charge in [-0.15, -0.1) is 0 Å². The average molecular weight is 259 g/mol. The lowest BCUT2D eigenvalue weighted by molar-refractivity contribution is 0.0930. The third kappa shape index (κ3) is 2.50. The number of aryl methyl sites for hydroxylation is 1. The molecule has 0 radical (unpaired) electrons. The van der Waals surface area contributed by atoms with Gasteiger partial charge in [0.25, 0.3) is 5.91 Å². The molecule has 0 spiro atoms. The molecule has 0 saturated heterocycles. The first-order valence-corrected chi connectivity index (χ1v) is 6.29. The molecule has 1 unspecified atom stereocenters. The van der Waals surface area contributed by atoms with Crippen LogP contribution in [0.4, 0.5) is 4.39 Å². The maximum absolute atomic E-state index is 13.1. The van der Waals surface area contributed by atoms with Crippen LogP contribution >= 0.6 is 0 Å². The zero-order valence-corrected chi connectivity index (χ0v) is 10.3. The molecule has 0 aliphatic carbocycles. The Morgan fingerprint density at radius 3 is 3.21 bits per heavy atom. The van der Waals surface area contributed by atoms with Crippen molar-refractivity contribution in [3.8, 4) is 0 Å². The number of nitrogens with zero attached hydrogens (tertiary/aromatic N) is 2. The second-order valence-corrected chi connectivity index (χ2v) is 4.71. The minimum absolute atomic E-state index is 0.0608. The molecule has 1 aliphatic heterocycles. The van der Waals surface area contributed by atoms with Crippen molar-refractivity contribution in [3.05, 3.63) is 53.9 Å². The summed E-state index contributed by atoms with van der Waals surface area (Å²) in [4.78, 5) is 16.3. The summed E-state index contributed by atoms with van der Waals surface area (Å²) in [6.45, 7) is 0.851. The van der Waals surface area contributed by atoms with Gasteiger partial charge >= 0.3 is 0 Å². The number of carbonyl (C=O) groups is 1. The molecule has 1 aromatic heterocycles. The van der Waals surface area contributed by atoms with Crippen molar-refractivity contribution in [3.63, 3.8) is 0 Å². The van der Waals surface area contributed by atoms with Gasteiger partial charge in [0, 0.05) is 37.0 Å². The van der Waals surface area contributed by atoms with Crippen LogP contribution in [0.25, 0.3) is 0 Å². The van der Waals surface area contributed by atoms with Crippen LogP contribution in [0, 0.1) is 5.82 Å². The van der Waals surface area contributed by atoms with Gasteiger partial charge < -0.3 is 9.88 Å². The second-order valence-electron chi connectivity index (χ2n) is 4.71. The first-order valence-electron chi connectivity index (χ1n) is 6.29. The van der Waals surface area contributed by atoms with E-state index in [4.69, 9.17) is 0 Å². The van der Waals surface area contributed by atoms with Crippen molar-refractivity contribution in [2.45, 2.75) is 25.4 Å². The molecule has 3 rings (SSSR count). The number of imidazole rings is 1. The van der Waals surface area contributed by atoms with Crippen molar-refractivity contribution < 1.29 is 9.18 Å². The van der Waals surface area contributed by atoms with Crippen LogP contribution in [0.3, 0.4) is 0 Å². The maximum atomic E-state index is 13.1. The van der Waals surface area contributed by atoms with Crippen molar-refractivity contribution in [1.29, 1.82) is 0 Å². The van der Waals surface area contributed by atoms with E-state index in [2.05, 4.69) is 14.9 Å². The standard InChI is InChI=1S/C14H14FN3O/c15-11-3-1-2-10(8-11)14(19)17-12-4-6-18-7-5-16-13(18)9-12/h1-3,5,7-8,12H,4,6,9H2,(H,17,19). The van der Waals surface area contributed by atoms with Gasteiger partial charge in [-0.05, 0) is 24.6 Å². The third-order valence-corrected chi connectivity index (χ3v) is 3.37. The van der Waals surface area contributed by atoms with E-state index in [-0.39, 0.29) is 11.9 Å². The Hall–Kier alpha value is -2.17. The second kappa shape index (κ2) is 4.84. The SMILES string of the molecule is O=C(NC1CCn2ccnc2C1)c1cccc(F)c1. The van der Waals surface area contributed by atoms with Crippen LogP contribution in [0.2, 0.25) is 0 Å². The van der Waals surface area contributed by atoms with Crippen LogP contribution < -0.4 is 5.32 Å². The Morgan fingerprint density at radius 2 is 2.37 bits per heavy atom. The van der Waals surface area contributed by atoms with Crippen molar-refractivity contribution in [2.24, 2.45) is 0 Å². The predicted molar refractivity (Wildman–Crippen MR) is 68.2 cm³/mol. The Labute approximate surface area is 110 Å². The van der Waals surface area contributed by atoms with Gasteiger partial charge in [0.15, 0.2) is 0 Å². The topological polar surface area (TPSA) is 46.9 Å². The zero-order chi connectivity index (χ0) is 13.2. The van der Waals surface area contributed by atoms with Gasteiger partial charge in [0.05, 0.1) is 0 Å². The molecule has 0 fully saturated rings. The molecule has 1 aliphatic rings. The smallest absolute Gasteiger partial charge is 0.251 e. The largest absolute Gasteiger partial charge is 0.349 e. The Morgan fingerprint density at radius 1 is 1.47 bits per heavy atom. The normalized spacial score (nSPS) is 17.8. The molecule has 4 nitrogen and oxygen atoms in total. The molecule has 19 heavy (non-hydrogen) atoms. The third-order valence-electron chi connectivity index (χ3n) is 3.37. The minimum atomic E-state index is -0.396. The number of hydrogen-bond donors (Lipinski definition) is 1. The summed E-state index contributed by atoms with van der Waals surface area (Å²) in [5.41, 5.74) is 0.355. The zero-order valence-electron chi connectivity index (χ0n) is 10.3. The van der Waals surface area contributed by atoms with Gasteiger partial charge in [-0.3, -0.25) is 4.79 Å². The average Bonchev–Trinajstić information content (AvgIpc) is 2.86. The highest BCUT2D eigenvalue weighted by Crippen LogP contribution is 2.14. The van der Waals surface area contributed by atoms with E-state index in [9.17, 15) is 9.18 Å². The molecular weight excluding hydrogens is 245 g/mol. The molecule has 1 amide bonds. The van der Waals surface area contributed by atoms with E-state index in [1.807, 2.05) is 6.20 Å². The number of halogens is 1. The summed E-state index contributed by atoms with van der Waals surface area (Å²) in [6.07, 6.45) is 5.30. The molecule has 2 aromatic rings. The first-order chi connectivity index (χ1) is 9.22. The van der Waals surface area contributed by atoms with Gasteiger partial charge in [-0.2, -0.15) is 0 Å². The summed E-state index contributed by atoms with van der Waals surface area (Å²) in [6, 6.07) is 5.79. The van der Waals surface area contributed by atoms with Gasteiger partial charge in [0.1, 0.15) is 11.6 Å². The molecule has 98 valence electrons. The van der Waals surface area contributed by atoms with Crippen LogP contribution in [0.5, 0.6) is 0 Å². The lowest BCUT2D eigenvalue weighted by Gasteiger charge is -2.24. The summed E-state index contributed by atoms with van der Waals surface area (Å²) >= 11 is 0. The molecule has 1 aromatic carbocycles. The van der Waals surface area contributed by atoms with Gasteiger partial charge in [-0.1, -0.05) is 6.07 Å². The van der Waals surface area contributed by atoms with E-state index >= 15 is 0 Å². The monoisotopic (exact) mass is 259 g/mol. The molecule has 5 heteroatoms. The van der Waals surface area contributed by atoms with E-state index in [1.54, 1.807) is 12.3 Å². The van der Waals surface area contributed by atoms with Crippen LogP contribution in [0.1, 0.15) is 22.6 Å². The van der Waals surface area contributed by atoms with Crippen molar-refractivity contribution >= 4 is 5.91 Å². The predicted octanol–water partition coefficient (Wildman–Crippen LogP) is 1.77. The fraction of sp³-hybridized carbons (Fsp3) is 0.286. The van der Waals surface area contributed by atoms with E-state index in [0.717, 1.165) is 18.8 Å². The molecule has 0 bridgehead atoms. The van der Waals surface area contributed by atoms with Crippen LogP contribution in [-0.2, 0) is 13.0 Å². The number of hydrogen-bond acceptors (Lipinski definition) is 2. The highest BCUT2D eigenvalue weighted by atomic mass is 19.1. The highest BCUT2D eigenvalue weighted by molar-refractivity contribution is 5.94. The number of amides is 1. The molecule has 2 heterocycles. The Bertz CT molecular complexity index is 608. The highest BCUT2D eigenvalue weighted by Gasteiger charge is 2.21. The lowest BCUT2D eigenvalue weighted by Crippen LogP contribution is -2.40. The number of rotatable bonds is 2. The summed E-state index contributed by atoms with van der Waals surface area (Å²) in [5.74, 6) is 0.354. The van der Waals surface area contributed by atoms with Gasteiger partial charge in [-0.25, -0.2) is 9.37 Å². The van der Waals surface area contributed by atoms with Crippen LogP contribution in [0.15, 0.2) is 36.7 Å². The fourth-order valence-corrected chi connectivity index (χ4v) is 2.37. The van der Waals surface area contributed by atoms with Gasteiger partial charge in [0.2, 0.25) is 0 Å². The minimum Gasteiger partial charge on any atom is -0.349 e. The van der Waals surface area contributed by atoms with Crippen molar-refractivity contribution in [1.82, 2.24) is 14.9 Å². The van der Waals surface area contributed by atoms with E-state index in [0.29, 0.717) is 12.0 Å². The number of carbonyl (C=O) groups excluding carboxylic acids is 1. The maximum Gasteiger partial charge on any atom is 0.251 e. The lowest BCUT2D eigenvalue weighted by atomic mass is 10.1. The number of aromatic nitrogens is 2. The first kappa shape index (κ1) is 11.9. The number of nitrogens with one attached hydrogen (secondary N) is 1. The number of benzene rings is 1. The molecular formula is C14H14FN3O. The van der Waals surface area contributed by atoms with Crippen LogP contribution in [-0.4, -0.2) is 21.5 Å². The van der Waals surface area contributed by atoms with E-state index < -0.39 is 5.82 Å². The molecule has 0 saturated carbocycles. The number of fused-ring (bicyclic) bond motifs is 1. The molecule has 1 N–H and O–H groups in total. The fourth-order valence-electron chi connectivity index (χ4n) is 2.37. The molecule has 1 atom stereocenters. The quantitative estimate of drug-likeness (QED) is 0.893. The van der Waals surface area contributed by atoms with E-state index in [1.165, 1.54) is 18.2 Å². The Balaban J connectivity index is 1.68. The van der Waals surface area contributed by atoms with Crippen molar-refractivity contribution in [2.75, 3.05) is 0 Å². The summed E-state index contributed by atoms with van der Waals surface area (Å²) in [7, 11) is 0. The Kier molecular flexibility index (Phi) is 3.03. The summed E-state index contributed by atoms with van der Waals surface area (Å²) < 4.78 is 15.2. The summed E-state index contributed by atoms with van der Waals surface area (Å²) in [5, 5.41) is 2.93.